The van der Waals surface area contributed by atoms with E-state index < -0.39 is 0 Å². The number of aliphatic hydroxyl groups excluding tert-OH is 1. The second kappa shape index (κ2) is 7.87. The molecule has 0 saturated carbocycles. The van der Waals surface area contributed by atoms with Gasteiger partial charge in [-0.1, -0.05) is 6.07 Å². The third-order valence-electron chi connectivity index (χ3n) is 3.51. The van der Waals surface area contributed by atoms with E-state index in [-0.39, 0.29) is 25.3 Å². The van der Waals surface area contributed by atoms with E-state index in [0.717, 1.165) is 11.3 Å². The molecule has 120 valence electrons. The third kappa shape index (κ3) is 4.02. The summed E-state index contributed by atoms with van der Waals surface area (Å²) in [6.07, 6.45) is 1.68. The van der Waals surface area contributed by atoms with Crippen molar-refractivity contribution in [3.05, 3.63) is 47.9 Å². The number of benzene rings is 1. The molecule has 0 spiro atoms. The van der Waals surface area contributed by atoms with Gasteiger partial charge >= 0.3 is 0 Å². The molecule has 2 aromatic rings. The number of hydrogen-bond acceptors (Lipinski definition) is 5. The Morgan fingerprint density at radius 3 is 2.64 bits per heavy atom. The summed E-state index contributed by atoms with van der Waals surface area (Å²) in [7, 11) is 1.61. The lowest BCUT2D eigenvalue weighted by atomic mass is 10.1. The highest BCUT2D eigenvalue weighted by atomic mass is 16.5. The Labute approximate surface area is 130 Å². The Bertz CT molecular complexity index is 568. The second-order valence-electron chi connectivity index (χ2n) is 5.11. The van der Waals surface area contributed by atoms with Crippen molar-refractivity contribution in [1.29, 1.82) is 0 Å². The largest absolute Gasteiger partial charge is 0.493 e. The first-order chi connectivity index (χ1) is 10.7. The lowest BCUT2D eigenvalue weighted by Gasteiger charge is -2.20. The van der Waals surface area contributed by atoms with Crippen molar-refractivity contribution in [2.75, 3.05) is 20.3 Å². The van der Waals surface area contributed by atoms with Gasteiger partial charge in [-0.05, 0) is 43.7 Å². The monoisotopic (exact) mass is 305 g/mol. The van der Waals surface area contributed by atoms with Gasteiger partial charge in [-0.3, -0.25) is 0 Å². The summed E-state index contributed by atoms with van der Waals surface area (Å²) in [5.74, 6) is 2.19. The molecule has 0 bridgehead atoms. The van der Waals surface area contributed by atoms with E-state index in [1.807, 2.05) is 30.3 Å². The number of aliphatic hydroxyl groups is 1. The lowest BCUT2D eigenvalue weighted by Crippen LogP contribution is -2.22. The van der Waals surface area contributed by atoms with Crippen molar-refractivity contribution >= 4 is 0 Å². The van der Waals surface area contributed by atoms with Crippen LogP contribution in [0.5, 0.6) is 11.5 Å². The second-order valence-corrected chi connectivity index (χ2v) is 5.11. The normalized spacial score (nSPS) is 13.6. The summed E-state index contributed by atoms with van der Waals surface area (Å²) in [5.41, 5.74) is 1.09. The standard InChI is InChI=1S/C17H23NO4/c1-12(18-13(2)15-5-4-9-21-15)14-6-7-16(22-10-8-19)17(11-14)20-3/h4-7,9,11-13,18-19H,8,10H2,1-3H3. The van der Waals surface area contributed by atoms with Crippen LogP contribution in [-0.2, 0) is 0 Å². The van der Waals surface area contributed by atoms with Gasteiger partial charge in [0.05, 0.1) is 26.0 Å². The number of ether oxygens (including phenoxy) is 2. The topological polar surface area (TPSA) is 63.9 Å². The molecular weight excluding hydrogens is 282 g/mol. The van der Waals surface area contributed by atoms with Gasteiger partial charge in [0, 0.05) is 6.04 Å². The maximum Gasteiger partial charge on any atom is 0.161 e. The fourth-order valence-electron chi connectivity index (χ4n) is 2.32. The average molecular weight is 305 g/mol. The SMILES string of the molecule is COc1cc(C(C)NC(C)c2ccco2)ccc1OCCO. The zero-order chi connectivity index (χ0) is 15.9. The van der Waals surface area contributed by atoms with Crippen molar-refractivity contribution in [2.45, 2.75) is 25.9 Å². The van der Waals surface area contributed by atoms with Crippen LogP contribution in [0.3, 0.4) is 0 Å². The van der Waals surface area contributed by atoms with E-state index in [0.29, 0.717) is 11.5 Å². The van der Waals surface area contributed by atoms with Crippen LogP contribution in [0.4, 0.5) is 0 Å². The number of methoxy groups -OCH3 is 1. The summed E-state index contributed by atoms with van der Waals surface area (Å²) < 4.78 is 16.2. The molecule has 0 fully saturated rings. The highest BCUT2D eigenvalue weighted by Gasteiger charge is 2.15. The quantitative estimate of drug-likeness (QED) is 0.784. The summed E-state index contributed by atoms with van der Waals surface area (Å²) in [5, 5.41) is 12.3. The van der Waals surface area contributed by atoms with Gasteiger partial charge in [0.1, 0.15) is 12.4 Å². The first-order valence-corrected chi connectivity index (χ1v) is 7.36. The lowest BCUT2D eigenvalue weighted by molar-refractivity contribution is 0.196. The molecule has 2 rings (SSSR count). The summed E-state index contributed by atoms with van der Waals surface area (Å²) in [6.45, 7) is 4.37. The van der Waals surface area contributed by atoms with Crippen LogP contribution in [0.25, 0.3) is 0 Å². The molecule has 0 radical (unpaired) electrons. The van der Waals surface area contributed by atoms with E-state index in [9.17, 15) is 0 Å². The zero-order valence-electron chi connectivity index (χ0n) is 13.2. The highest BCUT2D eigenvalue weighted by molar-refractivity contribution is 5.43. The molecular formula is C17H23NO4. The zero-order valence-corrected chi connectivity index (χ0v) is 13.2. The summed E-state index contributed by atoms with van der Waals surface area (Å²) >= 11 is 0. The van der Waals surface area contributed by atoms with Gasteiger partial charge in [-0.2, -0.15) is 0 Å². The van der Waals surface area contributed by atoms with Crippen LogP contribution in [-0.4, -0.2) is 25.4 Å². The molecule has 1 heterocycles. The van der Waals surface area contributed by atoms with E-state index >= 15 is 0 Å². The number of nitrogens with one attached hydrogen (secondary N) is 1. The van der Waals surface area contributed by atoms with Crippen LogP contribution in [0, 0.1) is 0 Å². The molecule has 2 unspecified atom stereocenters. The van der Waals surface area contributed by atoms with Crippen LogP contribution >= 0.6 is 0 Å². The molecule has 5 nitrogen and oxygen atoms in total. The van der Waals surface area contributed by atoms with Crippen LogP contribution in [0.1, 0.15) is 37.3 Å². The summed E-state index contributed by atoms with van der Waals surface area (Å²) in [6, 6.07) is 9.87. The molecule has 22 heavy (non-hydrogen) atoms. The molecule has 1 aromatic carbocycles. The number of hydrogen-bond donors (Lipinski definition) is 2. The first kappa shape index (κ1) is 16.4. The van der Waals surface area contributed by atoms with Gasteiger partial charge < -0.3 is 24.3 Å². The Hall–Kier alpha value is -1.98. The minimum absolute atomic E-state index is 0.0243. The van der Waals surface area contributed by atoms with Gasteiger partial charge in [0.2, 0.25) is 0 Å². The molecule has 2 atom stereocenters. The molecule has 0 saturated heterocycles. The van der Waals surface area contributed by atoms with Crippen molar-refractivity contribution in [3.8, 4) is 11.5 Å². The number of furan rings is 1. The van der Waals surface area contributed by atoms with E-state index in [2.05, 4.69) is 19.2 Å². The van der Waals surface area contributed by atoms with Gasteiger partial charge in [0.15, 0.2) is 11.5 Å². The van der Waals surface area contributed by atoms with E-state index in [1.54, 1.807) is 13.4 Å². The first-order valence-electron chi connectivity index (χ1n) is 7.36. The van der Waals surface area contributed by atoms with Gasteiger partial charge in [-0.25, -0.2) is 0 Å². The van der Waals surface area contributed by atoms with Gasteiger partial charge in [-0.15, -0.1) is 0 Å². The molecule has 0 aliphatic carbocycles. The Morgan fingerprint density at radius 2 is 2.00 bits per heavy atom. The molecule has 0 aliphatic rings. The highest BCUT2D eigenvalue weighted by Crippen LogP contribution is 2.31. The minimum atomic E-state index is -0.0243. The summed E-state index contributed by atoms with van der Waals surface area (Å²) in [4.78, 5) is 0. The molecule has 2 N–H and O–H groups in total. The van der Waals surface area contributed by atoms with Crippen LogP contribution in [0.15, 0.2) is 41.0 Å². The minimum Gasteiger partial charge on any atom is -0.493 e. The number of rotatable bonds is 8. The third-order valence-corrected chi connectivity index (χ3v) is 3.51. The predicted molar refractivity (Wildman–Crippen MR) is 84.2 cm³/mol. The maximum atomic E-state index is 8.84. The fraction of sp³-hybridized carbons (Fsp3) is 0.412. The van der Waals surface area contributed by atoms with Crippen molar-refractivity contribution in [3.63, 3.8) is 0 Å². The van der Waals surface area contributed by atoms with E-state index in [4.69, 9.17) is 19.0 Å². The molecule has 0 amide bonds. The van der Waals surface area contributed by atoms with Crippen molar-refractivity contribution < 1.29 is 19.0 Å². The molecule has 5 heteroatoms. The van der Waals surface area contributed by atoms with Crippen LogP contribution in [0.2, 0.25) is 0 Å². The Balaban J connectivity index is 2.07. The predicted octanol–water partition coefficient (Wildman–Crippen LogP) is 3.07. The maximum absolute atomic E-state index is 8.84. The van der Waals surface area contributed by atoms with Crippen LogP contribution < -0.4 is 14.8 Å². The molecule has 1 aromatic heterocycles. The van der Waals surface area contributed by atoms with Crippen molar-refractivity contribution in [1.82, 2.24) is 5.32 Å². The smallest absolute Gasteiger partial charge is 0.161 e. The fourth-order valence-corrected chi connectivity index (χ4v) is 2.32. The molecule has 0 aliphatic heterocycles. The Kier molecular flexibility index (Phi) is 5.86. The van der Waals surface area contributed by atoms with E-state index in [1.165, 1.54) is 0 Å². The van der Waals surface area contributed by atoms with Gasteiger partial charge in [0.25, 0.3) is 0 Å². The average Bonchev–Trinajstić information content (AvgIpc) is 3.07. The Morgan fingerprint density at radius 1 is 1.18 bits per heavy atom. The van der Waals surface area contributed by atoms with Crippen molar-refractivity contribution in [2.24, 2.45) is 0 Å².